The average molecular weight is 320 g/mol. The van der Waals surface area contributed by atoms with Crippen molar-refractivity contribution in [3.05, 3.63) is 29.8 Å². The van der Waals surface area contributed by atoms with E-state index in [2.05, 4.69) is 10.6 Å². The summed E-state index contributed by atoms with van der Waals surface area (Å²) in [6.07, 6.45) is 2.75. The van der Waals surface area contributed by atoms with E-state index in [0.29, 0.717) is 6.54 Å². The second-order valence-electron chi connectivity index (χ2n) is 7.18. The van der Waals surface area contributed by atoms with Crippen molar-refractivity contribution in [3.8, 4) is 5.75 Å². The molecule has 0 unspecified atom stereocenters. The molecule has 0 aromatic heterocycles. The van der Waals surface area contributed by atoms with Gasteiger partial charge in [-0.15, -0.1) is 0 Å². The van der Waals surface area contributed by atoms with Gasteiger partial charge in [-0.2, -0.15) is 0 Å². The molecule has 0 bridgehead atoms. The first-order valence-electron chi connectivity index (χ1n) is 8.17. The Morgan fingerprint density at radius 1 is 1.26 bits per heavy atom. The minimum absolute atomic E-state index is 0.190. The van der Waals surface area contributed by atoms with Gasteiger partial charge >= 0.3 is 6.09 Å². The van der Waals surface area contributed by atoms with Gasteiger partial charge in [0.05, 0.1) is 12.6 Å². The van der Waals surface area contributed by atoms with E-state index >= 15 is 0 Å². The number of alkyl carbamates (subject to hydrolysis) is 1. The summed E-state index contributed by atoms with van der Waals surface area (Å²) < 4.78 is 10.7. The van der Waals surface area contributed by atoms with Gasteiger partial charge in [0, 0.05) is 18.7 Å². The molecule has 1 fully saturated rings. The van der Waals surface area contributed by atoms with E-state index in [1.54, 1.807) is 7.11 Å². The quantitative estimate of drug-likeness (QED) is 0.845. The van der Waals surface area contributed by atoms with Gasteiger partial charge in [-0.1, -0.05) is 18.2 Å². The van der Waals surface area contributed by atoms with Crippen LogP contribution >= 0.6 is 0 Å². The van der Waals surface area contributed by atoms with Crippen LogP contribution in [0.25, 0.3) is 0 Å². The van der Waals surface area contributed by atoms with Crippen molar-refractivity contribution in [3.63, 3.8) is 0 Å². The molecule has 0 atom stereocenters. The topological polar surface area (TPSA) is 59.6 Å². The normalized spacial score (nSPS) is 16.3. The fourth-order valence-electron chi connectivity index (χ4n) is 2.76. The van der Waals surface area contributed by atoms with E-state index in [9.17, 15) is 4.79 Å². The number of rotatable bonds is 6. The van der Waals surface area contributed by atoms with Crippen molar-refractivity contribution in [1.82, 2.24) is 10.6 Å². The van der Waals surface area contributed by atoms with Crippen LogP contribution < -0.4 is 15.4 Å². The zero-order chi connectivity index (χ0) is 16.9. The number of para-hydroxylation sites is 1. The van der Waals surface area contributed by atoms with E-state index in [1.807, 2.05) is 45.0 Å². The summed E-state index contributed by atoms with van der Waals surface area (Å²) in [5.74, 6) is 0.878. The summed E-state index contributed by atoms with van der Waals surface area (Å²) in [5.41, 5.74) is 0.450. The van der Waals surface area contributed by atoms with Gasteiger partial charge in [0.1, 0.15) is 11.4 Å². The molecular weight excluding hydrogens is 292 g/mol. The minimum atomic E-state index is -0.472. The van der Waals surface area contributed by atoms with Crippen LogP contribution in [0.4, 0.5) is 4.79 Å². The molecule has 1 aromatic rings. The van der Waals surface area contributed by atoms with Crippen molar-refractivity contribution in [2.24, 2.45) is 0 Å². The Hall–Kier alpha value is -1.75. The monoisotopic (exact) mass is 320 g/mol. The summed E-state index contributed by atoms with van der Waals surface area (Å²) >= 11 is 0. The molecule has 0 saturated heterocycles. The molecule has 2 N–H and O–H groups in total. The van der Waals surface area contributed by atoms with E-state index in [1.165, 1.54) is 0 Å². The smallest absolute Gasteiger partial charge is 0.408 e. The molecule has 1 aromatic carbocycles. The zero-order valence-corrected chi connectivity index (χ0v) is 14.6. The standard InChI is InChI=1S/C18H28N2O3/c1-17(2,3)23-16(21)20-18(10-7-11-18)13-19-12-14-8-5-6-9-15(14)22-4/h5-6,8-9,19H,7,10-13H2,1-4H3,(H,20,21). The SMILES string of the molecule is COc1ccccc1CNCC1(NC(=O)OC(C)(C)C)CCC1. The van der Waals surface area contributed by atoms with Gasteiger partial charge in [0.25, 0.3) is 0 Å². The van der Waals surface area contributed by atoms with Gasteiger partial charge in [-0.3, -0.25) is 0 Å². The number of amides is 1. The molecular formula is C18H28N2O3. The fourth-order valence-corrected chi connectivity index (χ4v) is 2.76. The third-order valence-electron chi connectivity index (χ3n) is 4.05. The molecule has 0 heterocycles. The number of hydrogen-bond donors (Lipinski definition) is 2. The molecule has 1 saturated carbocycles. The summed E-state index contributed by atoms with van der Waals surface area (Å²) in [6.45, 7) is 7.06. The second-order valence-corrected chi connectivity index (χ2v) is 7.18. The molecule has 2 rings (SSSR count). The molecule has 23 heavy (non-hydrogen) atoms. The minimum Gasteiger partial charge on any atom is -0.496 e. The maximum Gasteiger partial charge on any atom is 0.408 e. The highest BCUT2D eigenvalue weighted by Crippen LogP contribution is 2.31. The number of ether oxygens (including phenoxy) is 2. The van der Waals surface area contributed by atoms with E-state index in [4.69, 9.17) is 9.47 Å². The van der Waals surface area contributed by atoms with Gasteiger partial charge in [-0.25, -0.2) is 4.79 Å². The van der Waals surface area contributed by atoms with Gasteiger partial charge < -0.3 is 20.1 Å². The number of benzene rings is 1. The van der Waals surface area contributed by atoms with Crippen LogP contribution in [0, 0.1) is 0 Å². The number of carbonyl (C=O) groups is 1. The number of carbonyl (C=O) groups excluding carboxylic acids is 1. The molecule has 128 valence electrons. The fraction of sp³-hybridized carbons (Fsp3) is 0.611. The summed E-state index contributed by atoms with van der Waals surface area (Å²) in [5, 5.41) is 6.48. The second kappa shape index (κ2) is 7.21. The molecule has 1 aliphatic carbocycles. The molecule has 1 aliphatic rings. The Morgan fingerprint density at radius 3 is 2.52 bits per heavy atom. The first-order chi connectivity index (χ1) is 10.8. The van der Waals surface area contributed by atoms with E-state index in [0.717, 1.165) is 37.1 Å². The molecule has 5 heteroatoms. The van der Waals surface area contributed by atoms with Crippen molar-refractivity contribution < 1.29 is 14.3 Å². The third kappa shape index (κ3) is 5.13. The largest absolute Gasteiger partial charge is 0.496 e. The van der Waals surface area contributed by atoms with Gasteiger partial charge in [-0.05, 0) is 46.1 Å². The van der Waals surface area contributed by atoms with Crippen LogP contribution in [-0.2, 0) is 11.3 Å². The van der Waals surface area contributed by atoms with Crippen molar-refractivity contribution in [2.45, 2.75) is 57.7 Å². The molecule has 5 nitrogen and oxygen atoms in total. The predicted molar refractivity (Wildman–Crippen MR) is 90.7 cm³/mol. The van der Waals surface area contributed by atoms with Crippen LogP contribution in [0.15, 0.2) is 24.3 Å². The molecule has 0 radical (unpaired) electrons. The van der Waals surface area contributed by atoms with Crippen LogP contribution in [0.2, 0.25) is 0 Å². The third-order valence-corrected chi connectivity index (χ3v) is 4.05. The van der Waals surface area contributed by atoms with Crippen molar-refractivity contribution in [1.29, 1.82) is 0 Å². The summed E-state index contributed by atoms with van der Waals surface area (Å²) in [7, 11) is 1.68. The van der Waals surface area contributed by atoms with Crippen LogP contribution in [0.5, 0.6) is 5.75 Å². The van der Waals surface area contributed by atoms with Crippen molar-refractivity contribution in [2.75, 3.05) is 13.7 Å². The molecule has 0 spiro atoms. The zero-order valence-electron chi connectivity index (χ0n) is 14.6. The van der Waals surface area contributed by atoms with Crippen LogP contribution in [0.1, 0.15) is 45.6 Å². The Morgan fingerprint density at radius 2 is 1.96 bits per heavy atom. The highest BCUT2D eigenvalue weighted by atomic mass is 16.6. The number of nitrogens with one attached hydrogen (secondary N) is 2. The molecule has 0 aliphatic heterocycles. The van der Waals surface area contributed by atoms with Gasteiger partial charge in [0.15, 0.2) is 0 Å². The summed E-state index contributed by atoms with van der Waals surface area (Å²) in [4.78, 5) is 12.0. The first-order valence-corrected chi connectivity index (χ1v) is 8.17. The lowest BCUT2D eigenvalue weighted by atomic mass is 9.76. The highest BCUT2D eigenvalue weighted by molar-refractivity contribution is 5.69. The maximum atomic E-state index is 12.0. The molecule has 1 amide bonds. The lowest BCUT2D eigenvalue weighted by Crippen LogP contribution is -2.59. The van der Waals surface area contributed by atoms with E-state index in [-0.39, 0.29) is 11.6 Å². The van der Waals surface area contributed by atoms with E-state index < -0.39 is 5.60 Å². The lowest BCUT2D eigenvalue weighted by molar-refractivity contribution is 0.0382. The van der Waals surface area contributed by atoms with Gasteiger partial charge in [0.2, 0.25) is 0 Å². The Balaban J connectivity index is 1.86. The van der Waals surface area contributed by atoms with Crippen LogP contribution in [0.3, 0.4) is 0 Å². The maximum absolute atomic E-state index is 12.0. The van der Waals surface area contributed by atoms with Crippen LogP contribution in [-0.4, -0.2) is 30.9 Å². The number of methoxy groups -OCH3 is 1. The Bertz CT molecular complexity index is 533. The van der Waals surface area contributed by atoms with Crippen molar-refractivity contribution >= 4 is 6.09 Å². The number of hydrogen-bond acceptors (Lipinski definition) is 4. The first kappa shape index (κ1) is 17.6. The predicted octanol–water partition coefficient (Wildman–Crippen LogP) is 3.23. The highest BCUT2D eigenvalue weighted by Gasteiger charge is 2.39. The Kier molecular flexibility index (Phi) is 5.52. The average Bonchev–Trinajstić information content (AvgIpc) is 2.43. The summed E-state index contributed by atoms with van der Waals surface area (Å²) in [6, 6.07) is 7.95. The lowest BCUT2D eigenvalue weighted by Gasteiger charge is -2.42. The Labute approximate surface area is 138 Å².